The molecule has 0 amide bonds. The number of carboxylic acid groups (broad SMARTS) is 2. The molecule has 6 N–H and O–H groups in total. The molecule has 1 heterocycles. The number of rotatable bonds is 10. The van der Waals surface area contributed by atoms with Crippen LogP contribution < -0.4 is 16.2 Å². The van der Waals surface area contributed by atoms with E-state index in [4.69, 9.17) is 21.3 Å². The molecule has 8 nitrogen and oxygen atoms in total. The van der Waals surface area contributed by atoms with Crippen LogP contribution in [0.1, 0.15) is 16.7 Å². The van der Waals surface area contributed by atoms with Crippen LogP contribution in [0.4, 0.5) is 0 Å². The van der Waals surface area contributed by atoms with E-state index < -0.39 is 28.8 Å². The first-order valence-corrected chi connectivity index (χ1v) is 12.2. The second-order valence-electron chi connectivity index (χ2n) is 7.40. The molecule has 10 heteroatoms. The van der Waals surface area contributed by atoms with Gasteiger partial charge in [-0.3, -0.25) is 14.6 Å². The van der Waals surface area contributed by atoms with Gasteiger partial charge in [0.1, 0.15) is 17.8 Å². The monoisotopic (exact) mass is 515 g/mol. The zero-order valence-corrected chi connectivity index (χ0v) is 20.9. The maximum atomic E-state index is 11.3. The number of carbonyl (C=O) groups is 2. The van der Waals surface area contributed by atoms with E-state index in [2.05, 4.69) is 17.6 Å². The fraction of sp³-hybridized carbons (Fsp3) is 0.240. The Kier molecular flexibility index (Phi) is 11.1. The number of hydrogen-bond donors (Lipinski definition) is 5. The Bertz CT molecular complexity index is 1030. The Labute approximate surface area is 214 Å². The number of hydrogen-bond acceptors (Lipinski definition) is 8. The molecule has 0 saturated heterocycles. The number of aromatic nitrogens is 1. The van der Waals surface area contributed by atoms with E-state index >= 15 is 0 Å². The van der Waals surface area contributed by atoms with Gasteiger partial charge in [-0.05, 0) is 34.9 Å². The van der Waals surface area contributed by atoms with Crippen LogP contribution in [-0.4, -0.2) is 57.8 Å². The standard InChI is InChI=1S/C22H22N2O3S.C3H7NO2S/c1-27-19-11-9-17(10-12-19)22(16-6-3-2-4-7-16,18-8-5-13-24-14-18)28-15-20(23)21(25)26;4-2(1-7)3(5)6/h2-14,20H,15,23H2,1H3,(H,25,26);2,7H,1,4H2,(H,5,6)/t20-,22?;2-/m11/s1. The Morgan fingerprint density at radius 2 is 1.51 bits per heavy atom. The lowest BCUT2D eigenvalue weighted by Crippen LogP contribution is -2.36. The van der Waals surface area contributed by atoms with Gasteiger partial charge in [0.25, 0.3) is 0 Å². The lowest BCUT2D eigenvalue weighted by molar-refractivity contribution is -0.138. The Morgan fingerprint density at radius 3 is 1.97 bits per heavy atom. The molecule has 3 rings (SSSR count). The fourth-order valence-corrected chi connectivity index (χ4v) is 4.80. The lowest BCUT2D eigenvalue weighted by atomic mass is 9.85. The minimum Gasteiger partial charge on any atom is -0.497 e. The third-order valence-electron chi connectivity index (χ3n) is 5.06. The first-order valence-electron chi connectivity index (χ1n) is 10.6. The fourth-order valence-electron chi connectivity index (χ4n) is 3.18. The average Bonchev–Trinajstić information content (AvgIpc) is 2.90. The van der Waals surface area contributed by atoms with Crippen molar-refractivity contribution in [1.82, 2.24) is 4.98 Å². The van der Waals surface area contributed by atoms with Crippen LogP contribution in [0.15, 0.2) is 79.1 Å². The summed E-state index contributed by atoms with van der Waals surface area (Å²) in [6.45, 7) is 0. The summed E-state index contributed by atoms with van der Waals surface area (Å²) in [7, 11) is 1.63. The Hall–Kier alpha value is -3.05. The highest BCUT2D eigenvalue weighted by atomic mass is 32.2. The molecule has 35 heavy (non-hydrogen) atoms. The molecular weight excluding hydrogens is 486 g/mol. The number of carboxylic acids is 2. The molecule has 0 spiro atoms. The normalized spacial score (nSPS) is 13.9. The van der Waals surface area contributed by atoms with E-state index in [9.17, 15) is 14.7 Å². The topological polar surface area (TPSA) is 149 Å². The summed E-state index contributed by atoms with van der Waals surface area (Å²) in [5.41, 5.74) is 13.8. The largest absolute Gasteiger partial charge is 0.497 e. The third-order valence-corrected chi connectivity index (χ3v) is 7.11. The molecule has 3 atom stereocenters. The van der Waals surface area contributed by atoms with Crippen molar-refractivity contribution in [3.8, 4) is 5.75 Å². The minimum absolute atomic E-state index is 0.190. The Morgan fingerprint density at radius 1 is 0.943 bits per heavy atom. The van der Waals surface area contributed by atoms with Crippen LogP contribution in [0.25, 0.3) is 0 Å². The van der Waals surface area contributed by atoms with Crippen molar-refractivity contribution in [2.24, 2.45) is 11.5 Å². The van der Waals surface area contributed by atoms with Crippen molar-refractivity contribution in [3.63, 3.8) is 0 Å². The zero-order valence-electron chi connectivity index (χ0n) is 19.2. The van der Waals surface area contributed by atoms with Crippen molar-refractivity contribution in [1.29, 1.82) is 0 Å². The maximum absolute atomic E-state index is 11.3. The lowest BCUT2D eigenvalue weighted by Gasteiger charge is -2.35. The van der Waals surface area contributed by atoms with Gasteiger partial charge >= 0.3 is 11.9 Å². The number of nitrogens with two attached hydrogens (primary N) is 2. The number of thiol groups is 1. The van der Waals surface area contributed by atoms with Gasteiger partial charge in [-0.1, -0.05) is 48.5 Å². The molecule has 0 bridgehead atoms. The summed E-state index contributed by atoms with van der Waals surface area (Å²) in [6.07, 6.45) is 3.54. The second kappa shape index (κ2) is 13.7. The molecule has 0 fully saturated rings. The van der Waals surface area contributed by atoms with Crippen molar-refractivity contribution in [2.75, 3.05) is 18.6 Å². The molecule has 0 aliphatic heterocycles. The number of methoxy groups -OCH3 is 1. The molecule has 2 aromatic carbocycles. The van der Waals surface area contributed by atoms with E-state index in [1.807, 2.05) is 72.9 Å². The number of nitrogens with zero attached hydrogens (tertiary/aromatic N) is 1. The maximum Gasteiger partial charge on any atom is 0.321 e. The molecule has 3 aromatic rings. The van der Waals surface area contributed by atoms with Gasteiger partial charge in [-0.25, -0.2) is 0 Å². The van der Waals surface area contributed by atoms with Crippen LogP contribution >= 0.6 is 24.4 Å². The van der Waals surface area contributed by atoms with Crippen molar-refractivity contribution < 1.29 is 24.5 Å². The van der Waals surface area contributed by atoms with E-state index in [1.54, 1.807) is 13.3 Å². The molecule has 0 aliphatic rings. The van der Waals surface area contributed by atoms with Gasteiger partial charge in [-0.15, -0.1) is 11.8 Å². The highest BCUT2D eigenvalue weighted by Crippen LogP contribution is 2.48. The first-order chi connectivity index (χ1) is 16.8. The molecule has 0 radical (unpaired) electrons. The van der Waals surface area contributed by atoms with Crippen LogP contribution in [-0.2, 0) is 14.3 Å². The Balaban J connectivity index is 0.000000540. The SMILES string of the molecule is COc1ccc(C(SC[C@@H](N)C(=O)O)(c2ccccc2)c2cccnc2)cc1.N[C@H](CS)C(=O)O. The highest BCUT2D eigenvalue weighted by molar-refractivity contribution is 8.00. The minimum atomic E-state index is -1.02. The van der Waals surface area contributed by atoms with E-state index in [-0.39, 0.29) is 11.5 Å². The number of aliphatic carboxylic acids is 2. The predicted molar refractivity (Wildman–Crippen MR) is 141 cm³/mol. The van der Waals surface area contributed by atoms with Gasteiger partial charge in [0.2, 0.25) is 0 Å². The quantitative estimate of drug-likeness (QED) is 0.257. The summed E-state index contributed by atoms with van der Waals surface area (Å²) < 4.78 is 4.65. The van der Waals surface area contributed by atoms with E-state index in [0.717, 1.165) is 22.4 Å². The summed E-state index contributed by atoms with van der Waals surface area (Å²) in [4.78, 5) is 25.4. The van der Waals surface area contributed by atoms with Crippen molar-refractivity contribution >= 4 is 36.3 Å². The number of thioether (sulfide) groups is 1. The summed E-state index contributed by atoms with van der Waals surface area (Å²) >= 11 is 5.14. The smallest absolute Gasteiger partial charge is 0.321 e. The van der Waals surface area contributed by atoms with Gasteiger partial charge in [0.05, 0.1) is 11.9 Å². The third kappa shape index (κ3) is 7.46. The number of pyridine rings is 1. The van der Waals surface area contributed by atoms with Crippen LogP contribution in [0.5, 0.6) is 5.75 Å². The number of benzene rings is 2. The molecule has 186 valence electrons. The molecule has 1 aromatic heterocycles. The molecule has 0 aliphatic carbocycles. The van der Waals surface area contributed by atoms with Gasteiger partial charge in [-0.2, -0.15) is 12.6 Å². The highest BCUT2D eigenvalue weighted by Gasteiger charge is 2.38. The van der Waals surface area contributed by atoms with E-state index in [1.165, 1.54) is 11.8 Å². The summed E-state index contributed by atoms with van der Waals surface area (Å²) in [6, 6.07) is 19.9. The second-order valence-corrected chi connectivity index (χ2v) is 9.00. The first kappa shape index (κ1) is 28.2. The van der Waals surface area contributed by atoms with Gasteiger partial charge < -0.3 is 26.4 Å². The van der Waals surface area contributed by atoms with E-state index in [0.29, 0.717) is 0 Å². The molecular formula is C25H29N3O5S2. The zero-order chi connectivity index (χ0) is 25.8. The van der Waals surface area contributed by atoms with Crippen molar-refractivity contribution in [3.05, 3.63) is 95.8 Å². The van der Waals surface area contributed by atoms with Gasteiger partial charge in [0, 0.05) is 23.9 Å². The summed E-state index contributed by atoms with van der Waals surface area (Å²) in [5.74, 6) is -0.838. The average molecular weight is 516 g/mol. The molecule has 0 saturated carbocycles. The molecule has 1 unspecified atom stereocenters. The van der Waals surface area contributed by atoms with Crippen LogP contribution in [0.3, 0.4) is 0 Å². The van der Waals surface area contributed by atoms with Crippen LogP contribution in [0, 0.1) is 0 Å². The summed E-state index contributed by atoms with van der Waals surface area (Å²) in [5, 5.41) is 17.3. The van der Waals surface area contributed by atoms with Crippen LogP contribution in [0.2, 0.25) is 0 Å². The van der Waals surface area contributed by atoms with Crippen molar-refractivity contribution in [2.45, 2.75) is 16.8 Å². The van der Waals surface area contributed by atoms with Gasteiger partial charge in [0.15, 0.2) is 0 Å². The number of ether oxygens (including phenoxy) is 1. The predicted octanol–water partition coefficient (Wildman–Crippen LogP) is 2.86.